The third-order valence-corrected chi connectivity index (χ3v) is 3.50. The Morgan fingerprint density at radius 1 is 1.33 bits per heavy atom. The van der Waals surface area contributed by atoms with E-state index in [1.807, 2.05) is 0 Å². The van der Waals surface area contributed by atoms with Crippen LogP contribution in [0, 0.1) is 0 Å². The highest BCUT2D eigenvalue weighted by atomic mass is 16.4. The maximum Gasteiger partial charge on any atom is 0.328 e. The van der Waals surface area contributed by atoms with Crippen molar-refractivity contribution in [3.05, 3.63) is 12.2 Å². The number of carbonyl (C=O) groups excluding carboxylic acids is 2. The van der Waals surface area contributed by atoms with E-state index in [1.165, 1.54) is 6.08 Å². The topological polar surface area (TPSA) is 86.7 Å². The molecule has 18 heavy (non-hydrogen) atoms. The second kappa shape index (κ2) is 4.80. The lowest BCUT2D eigenvalue weighted by molar-refractivity contribution is -0.133. The Kier molecular flexibility index (Phi) is 3.36. The van der Waals surface area contributed by atoms with Crippen molar-refractivity contribution >= 4 is 17.9 Å². The number of aliphatic carboxylic acids is 1. The highest BCUT2D eigenvalue weighted by molar-refractivity contribution is 6.07. The minimum absolute atomic E-state index is 0.0126. The van der Waals surface area contributed by atoms with E-state index in [2.05, 4.69) is 5.32 Å². The molecule has 2 fully saturated rings. The monoisotopic (exact) mass is 252 g/mol. The van der Waals surface area contributed by atoms with Gasteiger partial charge in [-0.2, -0.15) is 0 Å². The molecule has 1 aliphatic heterocycles. The summed E-state index contributed by atoms with van der Waals surface area (Å²) in [5, 5.41) is 11.2. The smallest absolute Gasteiger partial charge is 0.328 e. The van der Waals surface area contributed by atoms with Gasteiger partial charge < -0.3 is 10.4 Å². The van der Waals surface area contributed by atoms with E-state index in [0.29, 0.717) is 12.8 Å². The molecular weight excluding hydrogens is 236 g/mol. The second-order valence-electron chi connectivity index (χ2n) is 4.73. The van der Waals surface area contributed by atoms with Crippen LogP contribution in [0.1, 0.15) is 32.1 Å². The summed E-state index contributed by atoms with van der Waals surface area (Å²) in [5.41, 5.74) is -0.730. The van der Waals surface area contributed by atoms with E-state index in [1.54, 1.807) is 0 Å². The van der Waals surface area contributed by atoms with Crippen molar-refractivity contribution < 1.29 is 19.5 Å². The molecule has 0 atom stereocenters. The molecule has 6 heteroatoms. The normalized spacial score (nSPS) is 22.8. The van der Waals surface area contributed by atoms with Gasteiger partial charge in [-0.05, 0) is 12.8 Å². The number of carbonyl (C=O) groups is 3. The lowest BCUT2D eigenvalue weighted by Gasteiger charge is -2.30. The number of nitrogens with zero attached hydrogens (tertiary/aromatic N) is 1. The van der Waals surface area contributed by atoms with E-state index < -0.39 is 17.5 Å². The molecule has 1 spiro atoms. The fraction of sp³-hybridized carbons (Fsp3) is 0.583. The molecule has 3 amide bonds. The molecule has 1 heterocycles. The lowest BCUT2D eigenvalue weighted by Crippen LogP contribution is -2.48. The molecule has 0 bridgehead atoms. The highest BCUT2D eigenvalue weighted by Crippen LogP contribution is 2.33. The predicted molar refractivity (Wildman–Crippen MR) is 62.8 cm³/mol. The largest absolute Gasteiger partial charge is 0.478 e. The molecule has 0 aromatic rings. The summed E-state index contributed by atoms with van der Waals surface area (Å²) in [7, 11) is 0. The van der Waals surface area contributed by atoms with Crippen molar-refractivity contribution in [2.75, 3.05) is 6.54 Å². The van der Waals surface area contributed by atoms with Gasteiger partial charge >= 0.3 is 12.0 Å². The average Bonchev–Trinajstić information content (AvgIpc) is 2.54. The van der Waals surface area contributed by atoms with E-state index >= 15 is 0 Å². The molecule has 98 valence electrons. The second-order valence-corrected chi connectivity index (χ2v) is 4.73. The summed E-state index contributed by atoms with van der Waals surface area (Å²) in [6, 6.07) is -0.420. The number of rotatable bonds is 3. The van der Waals surface area contributed by atoms with Crippen LogP contribution in [-0.2, 0) is 9.59 Å². The van der Waals surface area contributed by atoms with Crippen molar-refractivity contribution in [2.45, 2.75) is 37.6 Å². The van der Waals surface area contributed by atoms with Gasteiger partial charge in [0.05, 0.1) is 0 Å². The van der Waals surface area contributed by atoms with Gasteiger partial charge in [0, 0.05) is 12.6 Å². The van der Waals surface area contributed by atoms with Gasteiger partial charge in [0.25, 0.3) is 5.91 Å². The first kappa shape index (κ1) is 12.6. The fourth-order valence-corrected chi connectivity index (χ4v) is 2.60. The Balaban J connectivity index is 2.07. The van der Waals surface area contributed by atoms with Gasteiger partial charge in [0.1, 0.15) is 5.54 Å². The van der Waals surface area contributed by atoms with Crippen LogP contribution in [0.5, 0.6) is 0 Å². The van der Waals surface area contributed by atoms with Gasteiger partial charge in [-0.15, -0.1) is 0 Å². The molecule has 2 aliphatic rings. The van der Waals surface area contributed by atoms with E-state index in [-0.39, 0.29) is 12.5 Å². The van der Waals surface area contributed by atoms with Crippen LogP contribution in [0.3, 0.4) is 0 Å². The molecule has 2 rings (SSSR count). The van der Waals surface area contributed by atoms with Crippen LogP contribution in [0.4, 0.5) is 4.79 Å². The molecule has 1 saturated heterocycles. The van der Waals surface area contributed by atoms with Gasteiger partial charge in [0.15, 0.2) is 0 Å². The molecule has 0 radical (unpaired) electrons. The Morgan fingerprint density at radius 3 is 2.61 bits per heavy atom. The van der Waals surface area contributed by atoms with Crippen molar-refractivity contribution in [3.63, 3.8) is 0 Å². The standard InChI is InChI=1S/C12H16N2O4/c15-9(16)5-4-8-14-10(17)12(13-11(14)18)6-2-1-3-7-12/h4-5H,1-3,6-8H2,(H,13,18)(H,15,16). The number of carboxylic acids is 1. The number of carboxylic acid groups (broad SMARTS) is 1. The van der Waals surface area contributed by atoms with E-state index in [0.717, 1.165) is 30.2 Å². The summed E-state index contributed by atoms with van der Waals surface area (Å²) < 4.78 is 0. The number of amides is 3. The summed E-state index contributed by atoms with van der Waals surface area (Å²) in [5.74, 6) is -1.31. The molecule has 1 aliphatic carbocycles. The quantitative estimate of drug-likeness (QED) is 0.576. The van der Waals surface area contributed by atoms with Gasteiger partial charge in [-0.25, -0.2) is 9.59 Å². The number of hydrogen-bond acceptors (Lipinski definition) is 3. The van der Waals surface area contributed by atoms with E-state index in [9.17, 15) is 14.4 Å². The highest BCUT2D eigenvalue weighted by Gasteiger charge is 2.50. The Bertz CT molecular complexity index is 410. The number of nitrogens with one attached hydrogen (secondary N) is 1. The Hall–Kier alpha value is -1.85. The van der Waals surface area contributed by atoms with Crippen LogP contribution in [0.2, 0.25) is 0 Å². The zero-order valence-corrected chi connectivity index (χ0v) is 10.0. The third kappa shape index (κ3) is 2.23. The first-order valence-electron chi connectivity index (χ1n) is 6.09. The molecule has 0 unspecified atom stereocenters. The maximum absolute atomic E-state index is 12.2. The van der Waals surface area contributed by atoms with Gasteiger partial charge in [0.2, 0.25) is 0 Å². The minimum Gasteiger partial charge on any atom is -0.478 e. The molecule has 6 nitrogen and oxygen atoms in total. The summed E-state index contributed by atoms with van der Waals surface area (Å²) >= 11 is 0. The zero-order valence-electron chi connectivity index (χ0n) is 10.0. The van der Waals surface area contributed by atoms with Crippen LogP contribution in [-0.4, -0.2) is 40.0 Å². The van der Waals surface area contributed by atoms with Gasteiger partial charge in [-0.1, -0.05) is 25.3 Å². The van der Waals surface area contributed by atoms with Crippen LogP contribution < -0.4 is 5.32 Å². The first-order valence-corrected chi connectivity index (χ1v) is 6.09. The van der Waals surface area contributed by atoms with Crippen molar-refractivity contribution in [3.8, 4) is 0 Å². The van der Waals surface area contributed by atoms with E-state index in [4.69, 9.17) is 5.11 Å². The van der Waals surface area contributed by atoms with Crippen molar-refractivity contribution in [1.82, 2.24) is 10.2 Å². The van der Waals surface area contributed by atoms with Crippen molar-refractivity contribution in [2.24, 2.45) is 0 Å². The first-order chi connectivity index (χ1) is 8.55. The predicted octanol–water partition coefficient (Wildman–Crippen LogP) is 0.882. The SMILES string of the molecule is O=C(O)C=CCN1C(=O)NC2(CCCCC2)C1=O. The van der Waals surface area contributed by atoms with Gasteiger partial charge in [-0.3, -0.25) is 9.69 Å². The van der Waals surface area contributed by atoms with Crippen molar-refractivity contribution in [1.29, 1.82) is 0 Å². The molecule has 0 aromatic carbocycles. The molecule has 0 aromatic heterocycles. The minimum atomic E-state index is -1.09. The maximum atomic E-state index is 12.2. The average molecular weight is 252 g/mol. The molecule has 2 N–H and O–H groups in total. The molecule has 1 saturated carbocycles. The van der Waals surface area contributed by atoms with Crippen LogP contribution in [0.25, 0.3) is 0 Å². The fourth-order valence-electron chi connectivity index (χ4n) is 2.60. The molecular formula is C12H16N2O4. The Labute approximate surface area is 105 Å². The zero-order chi connectivity index (χ0) is 13.2. The number of hydrogen-bond donors (Lipinski definition) is 2. The summed E-state index contributed by atoms with van der Waals surface area (Å²) in [4.78, 5) is 35.4. The third-order valence-electron chi connectivity index (χ3n) is 3.50. The van der Waals surface area contributed by atoms with Crippen LogP contribution in [0.15, 0.2) is 12.2 Å². The number of urea groups is 1. The number of imide groups is 1. The lowest BCUT2D eigenvalue weighted by atomic mass is 9.82. The summed E-state index contributed by atoms with van der Waals surface area (Å²) in [6.07, 6.45) is 6.56. The Morgan fingerprint density at radius 2 is 2.00 bits per heavy atom. The van der Waals surface area contributed by atoms with Crippen LogP contribution >= 0.6 is 0 Å². The summed E-state index contributed by atoms with van der Waals surface area (Å²) in [6.45, 7) is 0.0126.